The smallest absolute Gasteiger partial charge is 0.252 e. The van der Waals surface area contributed by atoms with Gasteiger partial charge in [0.15, 0.2) is 0 Å². The van der Waals surface area contributed by atoms with Crippen molar-refractivity contribution in [2.45, 2.75) is 38.2 Å². The molecule has 0 atom stereocenters. The summed E-state index contributed by atoms with van der Waals surface area (Å²) in [6.07, 6.45) is 6.50. The van der Waals surface area contributed by atoms with Crippen LogP contribution in [-0.4, -0.2) is 25.2 Å². The van der Waals surface area contributed by atoms with Gasteiger partial charge in [-0.15, -0.1) is 0 Å². The largest absolute Gasteiger partial charge is 0.398 e. The lowest BCUT2D eigenvalue weighted by atomic mass is 9.98. The molecule has 0 aliphatic heterocycles. The maximum Gasteiger partial charge on any atom is 0.252 e. The van der Waals surface area contributed by atoms with Crippen molar-refractivity contribution in [2.24, 2.45) is 0 Å². The molecule has 2 rings (SSSR count). The highest BCUT2D eigenvalue weighted by molar-refractivity contribution is 9.10. The van der Waals surface area contributed by atoms with Gasteiger partial charge in [-0.05, 0) is 40.9 Å². The Morgan fingerprint density at radius 1 is 1.35 bits per heavy atom. The number of hydrogen-bond acceptors (Lipinski definition) is 3. The monoisotopic (exact) mass is 340 g/mol. The van der Waals surface area contributed by atoms with Crippen LogP contribution in [0.25, 0.3) is 0 Å². The quantitative estimate of drug-likeness (QED) is 0.639. The Bertz CT molecular complexity index is 459. The summed E-state index contributed by atoms with van der Waals surface area (Å²) in [4.78, 5) is 12.0. The molecule has 4 nitrogen and oxygen atoms in total. The molecule has 1 aromatic carbocycles. The molecule has 1 amide bonds. The second-order valence-electron chi connectivity index (χ2n) is 5.10. The van der Waals surface area contributed by atoms with Crippen LogP contribution in [0.15, 0.2) is 22.7 Å². The van der Waals surface area contributed by atoms with Crippen LogP contribution in [0.2, 0.25) is 0 Å². The summed E-state index contributed by atoms with van der Waals surface area (Å²) < 4.78 is 6.42. The van der Waals surface area contributed by atoms with Crippen LogP contribution in [0, 0.1) is 0 Å². The van der Waals surface area contributed by atoms with Gasteiger partial charge in [0.2, 0.25) is 0 Å². The van der Waals surface area contributed by atoms with Gasteiger partial charge in [-0.25, -0.2) is 0 Å². The normalized spacial score (nSPS) is 16.1. The lowest BCUT2D eigenvalue weighted by Crippen LogP contribution is -2.29. The van der Waals surface area contributed by atoms with Crippen molar-refractivity contribution in [3.05, 3.63) is 28.2 Å². The predicted molar refractivity (Wildman–Crippen MR) is 83.7 cm³/mol. The van der Waals surface area contributed by atoms with Gasteiger partial charge >= 0.3 is 0 Å². The molecule has 3 N–H and O–H groups in total. The van der Waals surface area contributed by atoms with Crippen molar-refractivity contribution >= 4 is 27.5 Å². The van der Waals surface area contributed by atoms with E-state index in [9.17, 15) is 4.79 Å². The fraction of sp³-hybridized carbons (Fsp3) is 0.533. The standard InChI is InChI=1S/C15H21BrN2O2/c16-14-12(7-4-8-13(14)17)15(19)18-9-10-20-11-5-2-1-3-6-11/h4,7-8,11H,1-3,5-6,9-10,17H2,(H,18,19). The number of nitrogens with two attached hydrogens (primary N) is 1. The van der Waals surface area contributed by atoms with E-state index in [2.05, 4.69) is 21.2 Å². The second kappa shape index (κ2) is 7.64. The molecule has 1 aromatic rings. The number of nitrogens with one attached hydrogen (secondary N) is 1. The summed E-state index contributed by atoms with van der Waals surface area (Å²) in [5, 5.41) is 2.86. The lowest BCUT2D eigenvalue weighted by Gasteiger charge is -2.22. The minimum absolute atomic E-state index is 0.128. The number of carbonyl (C=O) groups is 1. The molecule has 0 unspecified atom stereocenters. The van der Waals surface area contributed by atoms with E-state index in [0.29, 0.717) is 35.0 Å². The molecular weight excluding hydrogens is 320 g/mol. The molecule has 0 radical (unpaired) electrons. The average Bonchev–Trinajstić information content (AvgIpc) is 2.47. The van der Waals surface area contributed by atoms with Gasteiger partial charge in [-0.3, -0.25) is 4.79 Å². The van der Waals surface area contributed by atoms with Crippen LogP contribution in [0.5, 0.6) is 0 Å². The molecule has 5 heteroatoms. The Morgan fingerprint density at radius 3 is 2.85 bits per heavy atom. The van der Waals surface area contributed by atoms with Crippen molar-refractivity contribution in [1.82, 2.24) is 5.32 Å². The number of hydrogen-bond donors (Lipinski definition) is 2. The number of anilines is 1. The number of ether oxygens (including phenoxy) is 1. The van der Waals surface area contributed by atoms with Gasteiger partial charge in [-0.1, -0.05) is 25.3 Å². The first-order valence-corrected chi connectivity index (χ1v) is 7.91. The minimum atomic E-state index is -0.128. The number of amides is 1. The molecule has 0 spiro atoms. The van der Waals surface area contributed by atoms with E-state index >= 15 is 0 Å². The highest BCUT2D eigenvalue weighted by atomic mass is 79.9. The number of carbonyl (C=O) groups excluding carboxylic acids is 1. The molecule has 1 aliphatic rings. The van der Waals surface area contributed by atoms with E-state index in [0.717, 1.165) is 12.8 Å². The zero-order chi connectivity index (χ0) is 14.4. The molecule has 1 aliphatic carbocycles. The summed E-state index contributed by atoms with van der Waals surface area (Å²) in [7, 11) is 0. The Labute approximate surface area is 128 Å². The molecule has 0 heterocycles. The van der Waals surface area contributed by atoms with Gasteiger partial charge in [0.25, 0.3) is 5.91 Å². The van der Waals surface area contributed by atoms with Crippen molar-refractivity contribution in [1.29, 1.82) is 0 Å². The number of halogens is 1. The van der Waals surface area contributed by atoms with Crippen molar-refractivity contribution < 1.29 is 9.53 Å². The molecular formula is C15H21BrN2O2. The Kier molecular flexibility index (Phi) is 5.86. The SMILES string of the molecule is Nc1cccc(C(=O)NCCOC2CCCCC2)c1Br. The van der Waals surface area contributed by atoms with Crippen molar-refractivity contribution in [3.63, 3.8) is 0 Å². The third kappa shape index (κ3) is 4.21. The van der Waals surface area contributed by atoms with E-state index in [-0.39, 0.29) is 5.91 Å². The topological polar surface area (TPSA) is 64.4 Å². The maximum absolute atomic E-state index is 12.0. The van der Waals surface area contributed by atoms with Crippen LogP contribution in [0.4, 0.5) is 5.69 Å². The zero-order valence-electron chi connectivity index (χ0n) is 11.5. The van der Waals surface area contributed by atoms with E-state index in [4.69, 9.17) is 10.5 Å². The summed E-state index contributed by atoms with van der Waals surface area (Å²) in [6.45, 7) is 1.09. The van der Waals surface area contributed by atoms with Gasteiger partial charge in [-0.2, -0.15) is 0 Å². The van der Waals surface area contributed by atoms with Gasteiger partial charge < -0.3 is 15.8 Å². The fourth-order valence-electron chi connectivity index (χ4n) is 2.44. The molecule has 0 bridgehead atoms. The van der Waals surface area contributed by atoms with Crippen molar-refractivity contribution in [2.75, 3.05) is 18.9 Å². The van der Waals surface area contributed by atoms with Crippen molar-refractivity contribution in [3.8, 4) is 0 Å². The van der Waals surface area contributed by atoms with Gasteiger partial charge in [0.1, 0.15) is 0 Å². The van der Waals surface area contributed by atoms with Crippen LogP contribution < -0.4 is 11.1 Å². The number of rotatable bonds is 5. The fourth-order valence-corrected chi connectivity index (χ4v) is 2.89. The summed E-state index contributed by atoms with van der Waals surface area (Å²) >= 11 is 3.34. The Hall–Kier alpha value is -1.07. The van der Waals surface area contributed by atoms with E-state index in [1.165, 1.54) is 19.3 Å². The molecule has 110 valence electrons. The first-order valence-electron chi connectivity index (χ1n) is 7.12. The van der Waals surface area contributed by atoms with Gasteiger partial charge in [0.05, 0.1) is 22.7 Å². The minimum Gasteiger partial charge on any atom is -0.398 e. The highest BCUT2D eigenvalue weighted by Crippen LogP contribution is 2.23. The second-order valence-corrected chi connectivity index (χ2v) is 5.89. The zero-order valence-corrected chi connectivity index (χ0v) is 13.1. The maximum atomic E-state index is 12.0. The first kappa shape index (κ1) is 15.3. The predicted octanol–water partition coefficient (Wildman–Crippen LogP) is 3.11. The number of benzene rings is 1. The summed E-state index contributed by atoms with van der Waals surface area (Å²) in [5.74, 6) is -0.128. The molecule has 1 fully saturated rings. The highest BCUT2D eigenvalue weighted by Gasteiger charge is 2.14. The van der Waals surface area contributed by atoms with Crippen LogP contribution in [-0.2, 0) is 4.74 Å². The van der Waals surface area contributed by atoms with Crippen LogP contribution >= 0.6 is 15.9 Å². The third-order valence-electron chi connectivity index (χ3n) is 3.57. The lowest BCUT2D eigenvalue weighted by molar-refractivity contribution is 0.0299. The summed E-state index contributed by atoms with van der Waals surface area (Å²) in [5.41, 5.74) is 6.88. The van der Waals surface area contributed by atoms with E-state index in [1.54, 1.807) is 18.2 Å². The average molecular weight is 341 g/mol. The molecule has 0 aromatic heterocycles. The van der Waals surface area contributed by atoms with Gasteiger partial charge in [0, 0.05) is 12.2 Å². The summed E-state index contributed by atoms with van der Waals surface area (Å²) in [6, 6.07) is 5.28. The Balaban J connectivity index is 1.73. The molecule has 1 saturated carbocycles. The Morgan fingerprint density at radius 2 is 2.10 bits per heavy atom. The van der Waals surface area contributed by atoms with Crippen LogP contribution in [0.3, 0.4) is 0 Å². The number of nitrogen functional groups attached to an aromatic ring is 1. The first-order chi connectivity index (χ1) is 9.68. The molecule has 0 saturated heterocycles. The molecule has 20 heavy (non-hydrogen) atoms. The van der Waals surface area contributed by atoms with Crippen LogP contribution in [0.1, 0.15) is 42.5 Å². The van der Waals surface area contributed by atoms with E-state index < -0.39 is 0 Å². The van der Waals surface area contributed by atoms with E-state index in [1.807, 2.05) is 0 Å². The third-order valence-corrected chi connectivity index (χ3v) is 4.45.